The van der Waals surface area contributed by atoms with Gasteiger partial charge in [0.25, 0.3) is 0 Å². The lowest BCUT2D eigenvalue weighted by molar-refractivity contribution is 0.123. The van der Waals surface area contributed by atoms with E-state index in [-0.39, 0.29) is 0 Å². The molecule has 6 nitrogen and oxygen atoms in total. The molecule has 4 aromatic carbocycles. The number of para-hydroxylation sites is 1. The second-order valence-electron chi connectivity index (χ2n) is 9.96. The zero-order valence-electron chi connectivity index (χ0n) is 22.3. The molecule has 1 saturated heterocycles. The van der Waals surface area contributed by atoms with Crippen LogP contribution in [-0.2, 0) is 17.8 Å². The Bertz CT molecular complexity index is 1590. The first-order chi connectivity index (χ1) is 19.7. The van der Waals surface area contributed by atoms with E-state index in [0.717, 1.165) is 76.2 Å². The number of nitrogen functional groups attached to an aromatic ring is 1. The third-order valence-corrected chi connectivity index (χ3v) is 7.71. The van der Waals surface area contributed by atoms with Gasteiger partial charge in [-0.25, -0.2) is 4.98 Å². The van der Waals surface area contributed by atoms with Crippen LogP contribution in [0.1, 0.15) is 11.3 Å². The summed E-state index contributed by atoms with van der Waals surface area (Å²) in [6.45, 7) is 4.48. The van der Waals surface area contributed by atoms with Gasteiger partial charge in [-0.1, -0.05) is 72.3 Å². The third-order valence-electron chi connectivity index (χ3n) is 7.38. The minimum atomic E-state index is 0.619. The predicted octanol–water partition coefficient (Wildman–Crippen LogP) is 6.95. The summed E-state index contributed by atoms with van der Waals surface area (Å²) < 4.78 is 7.69. The zero-order chi connectivity index (χ0) is 27.3. The van der Waals surface area contributed by atoms with Crippen LogP contribution in [0.2, 0.25) is 5.02 Å². The summed E-state index contributed by atoms with van der Waals surface area (Å²) in [5, 5.41) is 4.30. The molecule has 6 rings (SSSR count). The van der Waals surface area contributed by atoms with Crippen molar-refractivity contribution in [3.8, 4) is 22.3 Å². The fourth-order valence-corrected chi connectivity index (χ4v) is 5.41. The topological polar surface area (TPSA) is 68.3 Å². The Balaban J connectivity index is 1.18. The van der Waals surface area contributed by atoms with Gasteiger partial charge in [-0.15, -0.1) is 0 Å². The Morgan fingerprint density at radius 2 is 1.65 bits per heavy atom. The molecule has 40 heavy (non-hydrogen) atoms. The molecule has 202 valence electrons. The molecular weight excluding hydrogens is 518 g/mol. The summed E-state index contributed by atoms with van der Waals surface area (Å²) in [6, 6.07) is 31.1. The van der Waals surface area contributed by atoms with Gasteiger partial charge in [0, 0.05) is 52.5 Å². The molecule has 0 aliphatic carbocycles. The van der Waals surface area contributed by atoms with Gasteiger partial charge in [-0.05, 0) is 47.0 Å². The second kappa shape index (κ2) is 11.9. The Morgan fingerprint density at radius 3 is 2.48 bits per heavy atom. The number of nitrogens with zero attached hydrogens (tertiary/aromatic N) is 3. The van der Waals surface area contributed by atoms with Crippen molar-refractivity contribution in [2.75, 3.05) is 42.3 Å². The molecule has 1 aliphatic heterocycles. The molecule has 3 N–H and O–H groups in total. The Kier molecular flexibility index (Phi) is 7.71. The summed E-state index contributed by atoms with van der Waals surface area (Å²) in [4.78, 5) is 6.78. The lowest BCUT2D eigenvalue weighted by Gasteiger charge is -2.31. The van der Waals surface area contributed by atoms with Gasteiger partial charge >= 0.3 is 0 Å². The number of aromatic nitrogens is 2. The van der Waals surface area contributed by atoms with Gasteiger partial charge in [0.05, 0.1) is 38.3 Å². The normalized spacial score (nSPS) is 13.4. The molecule has 5 aromatic rings. The fourth-order valence-electron chi connectivity index (χ4n) is 5.19. The third kappa shape index (κ3) is 5.69. The lowest BCUT2D eigenvalue weighted by atomic mass is 10.0. The monoisotopic (exact) mass is 549 g/mol. The van der Waals surface area contributed by atoms with Crippen LogP contribution < -0.4 is 16.0 Å². The van der Waals surface area contributed by atoms with Gasteiger partial charge in [-0.3, -0.25) is 0 Å². The Labute approximate surface area is 240 Å². The van der Waals surface area contributed by atoms with E-state index >= 15 is 0 Å². The van der Waals surface area contributed by atoms with E-state index in [1.165, 1.54) is 5.69 Å². The van der Waals surface area contributed by atoms with E-state index in [0.29, 0.717) is 13.1 Å². The zero-order valence-corrected chi connectivity index (χ0v) is 23.0. The van der Waals surface area contributed by atoms with Crippen LogP contribution >= 0.6 is 11.6 Å². The highest BCUT2D eigenvalue weighted by atomic mass is 35.5. The van der Waals surface area contributed by atoms with Crippen LogP contribution in [0.15, 0.2) is 104 Å². The highest BCUT2D eigenvalue weighted by Gasteiger charge is 2.17. The number of benzene rings is 4. The molecular formula is C33H32ClN5O. The maximum atomic E-state index is 6.72. The minimum Gasteiger partial charge on any atom is -0.398 e. The number of nitrogens with one attached hydrogen (secondary N) is 1. The molecule has 1 aliphatic rings. The summed E-state index contributed by atoms with van der Waals surface area (Å²) in [6.07, 6.45) is 3.75. The van der Waals surface area contributed by atoms with Crippen molar-refractivity contribution in [1.82, 2.24) is 9.55 Å². The van der Waals surface area contributed by atoms with Crippen molar-refractivity contribution in [2.45, 2.75) is 13.1 Å². The Morgan fingerprint density at radius 1 is 0.850 bits per heavy atom. The van der Waals surface area contributed by atoms with E-state index in [1.54, 1.807) is 0 Å². The van der Waals surface area contributed by atoms with Crippen LogP contribution in [0.5, 0.6) is 0 Å². The maximum Gasteiger partial charge on any atom is 0.0951 e. The van der Waals surface area contributed by atoms with Crippen molar-refractivity contribution in [3.05, 3.63) is 120 Å². The molecule has 0 saturated carbocycles. The molecule has 0 unspecified atom stereocenters. The highest BCUT2D eigenvalue weighted by molar-refractivity contribution is 6.33. The van der Waals surface area contributed by atoms with Gasteiger partial charge in [0.1, 0.15) is 0 Å². The standard InChI is InChI=1S/C33H32ClN5O/c34-31-13-12-27(19-30(31)29-8-4-5-9-33(29)38-14-16-40-17-15-38)37-21-28-20-36-23-39(28)22-26-11-10-25(18-32(26)35)24-6-2-1-3-7-24/h1-13,18-20,23,37H,14-17,21-22,35H2. The van der Waals surface area contributed by atoms with Gasteiger partial charge in [0.15, 0.2) is 0 Å². The predicted molar refractivity (Wildman–Crippen MR) is 165 cm³/mol. The molecule has 2 heterocycles. The first-order valence-electron chi connectivity index (χ1n) is 13.5. The van der Waals surface area contributed by atoms with Crippen molar-refractivity contribution < 1.29 is 4.74 Å². The number of hydrogen-bond donors (Lipinski definition) is 2. The molecule has 1 fully saturated rings. The highest BCUT2D eigenvalue weighted by Crippen LogP contribution is 2.37. The molecule has 0 radical (unpaired) electrons. The van der Waals surface area contributed by atoms with Crippen molar-refractivity contribution in [3.63, 3.8) is 0 Å². The number of hydrogen-bond acceptors (Lipinski definition) is 5. The van der Waals surface area contributed by atoms with Gasteiger partial charge in [-0.2, -0.15) is 0 Å². The van der Waals surface area contributed by atoms with Crippen LogP contribution in [0.25, 0.3) is 22.3 Å². The number of halogens is 1. The maximum absolute atomic E-state index is 6.72. The van der Waals surface area contributed by atoms with Gasteiger partial charge < -0.3 is 25.3 Å². The summed E-state index contributed by atoms with van der Waals surface area (Å²) >= 11 is 6.72. The number of anilines is 3. The van der Waals surface area contributed by atoms with E-state index < -0.39 is 0 Å². The quantitative estimate of drug-likeness (QED) is 0.205. The van der Waals surface area contributed by atoms with E-state index in [4.69, 9.17) is 22.1 Å². The first kappa shape index (κ1) is 26.0. The second-order valence-corrected chi connectivity index (χ2v) is 10.4. The lowest BCUT2D eigenvalue weighted by Crippen LogP contribution is -2.36. The molecule has 0 atom stereocenters. The van der Waals surface area contributed by atoms with Crippen LogP contribution in [0.4, 0.5) is 17.1 Å². The first-order valence-corrected chi connectivity index (χ1v) is 13.9. The number of ether oxygens (including phenoxy) is 1. The van der Waals surface area contributed by atoms with Crippen molar-refractivity contribution in [1.29, 1.82) is 0 Å². The SMILES string of the molecule is Nc1cc(-c2ccccc2)ccc1Cn1cncc1CNc1ccc(Cl)c(-c2ccccc2N2CCOCC2)c1. The van der Waals surface area contributed by atoms with Crippen LogP contribution in [-0.4, -0.2) is 35.9 Å². The molecule has 7 heteroatoms. The number of morpholine rings is 1. The van der Waals surface area contributed by atoms with E-state index in [2.05, 4.69) is 74.4 Å². The number of nitrogens with two attached hydrogens (primary N) is 1. The molecule has 0 bridgehead atoms. The summed E-state index contributed by atoms with van der Waals surface area (Å²) in [7, 11) is 0. The summed E-state index contributed by atoms with van der Waals surface area (Å²) in [5.74, 6) is 0. The average Bonchev–Trinajstić information content (AvgIpc) is 3.45. The van der Waals surface area contributed by atoms with Gasteiger partial charge in [0.2, 0.25) is 0 Å². The van der Waals surface area contributed by atoms with Crippen LogP contribution in [0, 0.1) is 0 Å². The summed E-state index contributed by atoms with van der Waals surface area (Å²) in [5.41, 5.74) is 15.9. The van der Waals surface area contributed by atoms with Crippen molar-refractivity contribution in [2.24, 2.45) is 0 Å². The van der Waals surface area contributed by atoms with Crippen LogP contribution in [0.3, 0.4) is 0 Å². The average molecular weight is 550 g/mol. The van der Waals surface area contributed by atoms with E-state index in [9.17, 15) is 0 Å². The van der Waals surface area contributed by atoms with Crippen molar-refractivity contribution >= 4 is 28.7 Å². The molecule has 1 aromatic heterocycles. The fraction of sp³-hybridized carbons (Fsp3) is 0.182. The Hall–Kier alpha value is -4.26. The molecule has 0 amide bonds. The minimum absolute atomic E-state index is 0.619. The number of imidazole rings is 1. The number of rotatable bonds is 8. The smallest absolute Gasteiger partial charge is 0.0951 e. The molecule has 0 spiro atoms. The largest absolute Gasteiger partial charge is 0.398 e. The van der Waals surface area contributed by atoms with E-state index in [1.807, 2.05) is 48.9 Å².